The van der Waals surface area contributed by atoms with E-state index in [4.69, 9.17) is 11.6 Å². The molecule has 6 heteroatoms. The molecule has 3 aromatic carbocycles. The third kappa shape index (κ3) is 4.10. The summed E-state index contributed by atoms with van der Waals surface area (Å²) in [6.07, 6.45) is 3.41. The predicted octanol–water partition coefficient (Wildman–Crippen LogP) is 4.50. The summed E-state index contributed by atoms with van der Waals surface area (Å²) >= 11 is 5.90. The van der Waals surface area contributed by atoms with Crippen molar-refractivity contribution in [2.75, 3.05) is 0 Å². The molecule has 1 aromatic heterocycles. The van der Waals surface area contributed by atoms with Crippen molar-refractivity contribution in [3.63, 3.8) is 0 Å². The molecule has 1 heterocycles. The zero-order chi connectivity index (χ0) is 19.3. The van der Waals surface area contributed by atoms with Crippen molar-refractivity contribution in [1.29, 1.82) is 0 Å². The zero-order valence-electron chi connectivity index (χ0n) is 14.9. The van der Waals surface area contributed by atoms with Crippen LogP contribution in [0.15, 0.2) is 84.1 Å². The third-order valence-corrected chi connectivity index (χ3v) is 4.58. The average molecular weight is 389 g/mol. The van der Waals surface area contributed by atoms with Crippen LogP contribution in [0, 0.1) is 0 Å². The van der Waals surface area contributed by atoms with E-state index in [0.29, 0.717) is 17.3 Å². The molecule has 138 valence electrons. The minimum atomic E-state index is -0.355. The van der Waals surface area contributed by atoms with Crippen molar-refractivity contribution in [3.8, 4) is 0 Å². The first kappa shape index (κ1) is 17.9. The molecule has 0 aliphatic carbocycles. The zero-order valence-corrected chi connectivity index (χ0v) is 15.7. The summed E-state index contributed by atoms with van der Waals surface area (Å²) in [6, 6.07) is 23.2. The van der Waals surface area contributed by atoms with Crippen LogP contribution in [0.4, 0.5) is 0 Å². The van der Waals surface area contributed by atoms with E-state index in [-0.39, 0.29) is 5.91 Å². The Morgan fingerprint density at radius 1 is 1.04 bits per heavy atom. The second-order valence-corrected chi connectivity index (χ2v) is 6.73. The maximum Gasteiger partial charge on any atom is 0.291 e. The Kier molecular flexibility index (Phi) is 5.17. The van der Waals surface area contributed by atoms with Crippen molar-refractivity contribution in [1.82, 2.24) is 15.2 Å². The van der Waals surface area contributed by atoms with Crippen LogP contribution in [0.1, 0.15) is 21.6 Å². The average Bonchev–Trinajstić information content (AvgIpc) is 3.18. The van der Waals surface area contributed by atoms with E-state index in [2.05, 4.69) is 15.6 Å². The monoisotopic (exact) mass is 388 g/mol. The highest BCUT2D eigenvalue weighted by molar-refractivity contribution is 6.30. The number of hydrogen-bond donors (Lipinski definition) is 1. The van der Waals surface area contributed by atoms with E-state index < -0.39 is 0 Å². The van der Waals surface area contributed by atoms with Crippen molar-refractivity contribution in [2.24, 2.45) is 5.10 Å². The predicted molar refractivity (Wildman–Crippen MR) is 112 cm³/mol. The molecule has 0 fully saturated rings. The molecule has 1 N–H and O–H groups in total. The molecule has 5 nitrogen and oxygen atoms in total. The Morgan fingerprint density at radius 3 is 2.68 bits per heavy atom. The van der Waals surface area contributed by atoms with E-state index in [0.717, 1.165) is 21.9 Å². The number of carbonyl (C=O) groups excluding carboxylic acids is 1. The highest BCUT2D eigenvalue weighted by Gasteiger charge is 2.09. The highest BCUT2D eigenvalue weighted by atomic mass is 35.5. The van der Waals surface area contributed by atoms with E-state index in [1.165, 1.54) is 0 Å². The van der Waals surface area contributed by atoms with Gasteiger partial charge in [-0.2, -0.15) is 10.2 Å². The first-order chi connectivity index (χ1) is 13.7. The van der Waals surface area contributed by atoms with Gasteiger partial charge in [0.1, 0.15) is 0 Å². The van der Waals surface area contributed by atoms with Crippen molar-refractivity contribution in [3.05, 3.63) is 101 Å². The lowest BCUT2D eigenvalue weighted by Gasteiger charge is -2.02. The van der Waals surface area contributed by atoms with E-state index in [9.17, 15) is 4.79 Å². The number of fused-ring (bicyclic) bond motifs is 1. The van der Waals surface area contributed by atoms with Crippen LogP contribution < -0.4 is 5.43 Å². The molecule has 0 atom stereocenters. The summed E-state index contributed by atoms with van der Waals surface area (Å²) in [5.74, 6) is -0.355. The molecular weight excluding hydrogens is 372 g/mol. The molecule has 28 heavy (non-hydrogen) atoms. The van der Waals surface area contributed by atoms with E-state index >= 15 is 0 Å². The molecule has 4 rings (SSSR count). The van der Waals surface area contributed by atoms with Gasteiger partial charge in [0, 0.05) is 16.8 Å². The van der Waals surface area contributed by atoms with Crippen molar-refractivity contribution < 1.29 is 4.79 Å². The lowest BCUT2D eigenvalue weighted by Crippen LogP contribution is -2.18. The lowest BCUT2D eigenvalue weighted by atomic mass is 10.1. The quantitative estimate of drug-likeness (QED) is 0.404. The fraction of sp³-hybridized carbons (Fsp3) is 0.0455. The van der Waals surface area contributed by atoms with Crippen LogP contribution in [0.5, 0.6) is 0 Å². The van der Waals surface area contributed by atoms with Gasteiger partial charge in [-0.3, -0.25) is 9.48 Å². The Hall–Kier alpha value is -3.44. The molecular formula is C22H17ClN4O. The van der Waals surface area contributed by atoms with Crippen molar-refractivity contribution in [2.45, 2.75) is 6.54 Å². The van der Waals surface area contributed by atoms with Crippen LogP contribution in [0.25, 0.3) is 10.8 Å². The number of hydrazone groups is 1. The smallest absolute Gasteiger partial charge is 0.268 e. The van der Waals surface area contributed by atoms with Gasteiger partial charge in [-0.25, -0.2) is 5.43 Å². The molecule has 0 spiro atoms. The summed E-state index contributed by atoms with van der Waals surface area (Å²) in [5, 5.41) is 11.3. The van der Waals surface area contributed by atoms with Gasteiger partial charge >= 0.3 is 0 Å². The topological polar surface area (TPSA) is 59.3 Å². The van der Waals surface area contributed by atoms with Gasteiger partial charge in [-0.1, -0.05) is 66.2 Å². The fourth-order valence-electron chi connectivity index (χ4n) is 2.93. The molecule has 0 aliphatic heterocycles. The van der Waals surface area contributed by atoms with Crippen LogP contribution in [0.3, 0.4) is 0 Å². The van der Waals surface area contributed by atoms with Crippen molar-refractivity contribution >= 4 is 34.5 Å². The fourth-order valence-corrected chi connectivity index (χ4v) is 3.05. The van der Waals surface area contributed by atoms with Crippen LogP contribution in [-0.2, 0) is 6.54 Å². The molecule has 0 bridgehead atoms. The maximum atomic E-state index is 12.3. The summed E-state index contributed by atoms with van der Waals surface area (Å²) in [5.41, 5.74) is 4.83. The normalized spacial score (nSPS) is 11.2. The Labute approximate surface area is 167 Å². The standard InChI is InChI=1S/C22H17ClN4O/c23-19-10-8-16(9-11-19)15-27-13-12-21(26-27)22(28)25-24-14-18-6-3-5-17-4-1-2-7-20(17)18/h1-14H,15H2,(H,25,28)/b24-14-. The van der Waals surface area contributed by atoms with Gasteiger partial charge in [0.15, 0.2) is 5.69 Å². The maximum absolute atomic E-state index is 12.3. The van der Waals surface area contributed by atoms with Crippen LogP contribution in [0.2, 0.25) is 5.02 Å². The summed E-state index contributed by atoms with van der Waals surface area (Å²) in [4.78, 5) is 12.3. The second kappa shape index (κ2) is 8.06. The molecule has 1 amide bonds. The number of rotatable bonds is 5. The highest BCUT2D eigenvalue weighted by Crippen LogP contribution is 2.16. The van der Waals surface area contributed by atoms with Gasteiger partial charge in [0.2, 0.25) is 0 Å². The number of aromatic nitrogens is 2. The largest absolute Gasteiger partial charge is 0.291 e. The van der Waals surface area contributed by atoms with Crippen LogP contribution >= 0.6 is 11.6 Å². The van der Waals surface area contributed by atoms with Gasteiger partial charge in [-0.15, -0.1) is 0 Å². The molecule has 0 saturated carbocycles. The number of nitrogens with zero attached hydrogens (tertiary/aromatic N) is 3. The number of benzene rings is 3. The first-order valence-corrected chi connectivity index (χ1v) is 9.16. The summed E-state index contributed by atoms with van der Waals surface area (Å²) in [6.45, 7) is 0.559. The number of hydrogen-bond acceptors (Lipinski definition) is 3. The molecule has 0 aliphatic rings. The summed E-state index contributed by atoms with van der Waals surface area (Å²) in [7, 11) is 0. The third-order valence-electron chi connectivity index (χ3n) is 4.32. The molecule has 0 saturated heterocycles. The summed E-state index contributed by atoms with van der Waals surface area (Å²) < 4.78 is 1.70. The molecule has 4 aromatic rings. The first-order valence-electron chi connectivity index (χ1n) is 8.78. The molecule has 0 radical (unpaired) electrons. The number of carbonyl (C=O) groups is 1. The number of halogens is 1. The second-order valence-electron chi connectivity index (χ2n) is 6.29. The van der Waals surface area contributed by atoms with Gasteiger partial charge in [0.05, 0.1) is 12.8 Å². The van der Waals surface area contributed by atoms with E-state index in [1.54, 1.807) is 23.2 Å². The lowest BCUT2D eigenvalue weighted by molar-refractivity contribution is 0.0949. The number of nitrogens with one attached hydrogen (secondary N) is 1. The van der Waals surface area contributed by atoms with Gasteiger partial charge < -0.3 is 0 Å². The molecule has 0 unspecified atom stereocenters. The number of amides is 1. The minimum absolute atomic E-state index is 0.309. The van der Waals surface area contributed by atoms with E-state index in [1.807, 2.05) is 66.7 Å². The Balaban J connectivity index is 1.42. The van der Waals surface area contributed by atoms with Gasteiger partial charge in [-0.05, 0) is 34.5 Å². The Morgan fingerprint density at radius 2 is 1.82 bits per heavy atom. The SMILES string of the molecule is O=C(N/N=C\c1cccc2ccccc12)c1ccn(Cc2ccc(Cl)cc2)n1. The van der Waals surface area contributed by atoms with Crippen LogP contribution in [-0.4, -0.2) is 21.9 Å². The van der Waals surface area contributed by atoms with Gasteiger partial charge in [0.25, 0.3) is 5.91 Å². The Bertz CT molecular complexity index is 1140. The minimum Gasteiger partial charge on any atom is -0.268 e.